The number of aromatic nitrogens is 1. The zero-order valence-electron chi connectivity index (χ0n) is 7.43. The Morgan fingerprint density at radius 1 is 2.29 bits per heavy atom. The summed E-state index contributed by atoms with van der Waals surface area (Å²) in [7, 11) is 0. The minimum Gasteiger partial charge on any atom is -0.383 e. The van der Waals surface area contributed by atoms with E-state index >= 15 is 0 Å². The predicted octanol–water partition coefficient (Wildman–Crippen LogP) is 1.03. The lowest BCUT2D eigenvalue weighted by atomic mass is 10.8. The summed E-state index contributed by atoms with van der Waals surface area (Å²) < 4.78 is 27.9. The van der Waals surface area contributed by atoms with Crippen LogP contribution in [-0.4, -0.2) is 4.98 Å². The van der Waals surface area contributed by atoms with Crippen LogP contribution >= 0.6 is 11.3 Å². The molecular formula is C4H6N2S. The topological polar surface area (TPSA) is 38.9 Å². The highest BCUT2D eigenvalue weighted by molar-refractivity contribution is 7.09. The first-order chi connectivity index (χ1) is 4.91. The summed E-state index contributed by atoms with van der Waals surface area (Å²) in [5.41, 5.74) is 5.20. The van der Waals surface area contributed by atoms with Gasteiger partial charge in [0.2, 0.25) is 0 Å². The van der Waals surface area contributed by atoms with E-state index in [2.05, 4.69) is 4.98 Å². The first kappa shape index (κ1) is 1.74. The fraction of sp³-hybridized carbons (Fsp3) is 0.250. The van der Waals surface area contributed by atoms with E-state index in [-0.39, 0.29) is 16.2 Å². The third-order valence-corrected chi connectivity index (χ3v) is 1.07. The maximum atomic E-state index is 7.10. The molecule has 0 amide bonds. The molecule has 0 spiro atoms. The van der Waals surface area contributed by atoms with Gasteiger partial charge >= 0.3 is 0 Å². The fourth-order valence-corrected chi connectivity index (χ4v) is 0.647. The van der Waals surface area contributed by atoms with E-state index in [1.54, 1.807) is 0 Å². The summed E-state index contributed by atoms with van der Waals surface area (Å²) in [6.07, 6.45) is 0. The minimum absolute atomic E-state index is 0.0103. The monoisotopic (exact) mass is 118 g/mol. The molecule has 0 atom stereocenters. The summed E-state index contributed by atoms with van der Waals surface area (Å²) in [4.78, 5) is 3.53. The molecule has 0 unspecified atom stereocenters. The van der Waals surface area contributed by atoms with Gasteiger partial charge in [-0.2, -0.15) is 0 Å². The van der Waals surface area contributed by atoms with Crippen LogP contribution in [0.1, 0.15) is 10.5 Å². The molecule has 0 aliphatic carbocycles. The first-order valence-electron chi connectivity index (χ1n) is 3.64. The van der Waals surface area contributed by atoms with Crippen molar-refractivity contribution in [2.75, 3.05) is 5.73 Å². The minimum atomic E-state index is -2.24. The first-order valence-corrected chi connectivity index (χ1v) is 2.46. The number of rotatable bonds is 0. The molecule has 0 saturated heterocycles. The van der Waals surface area contributed by atoms with Gasteiger partial charge in [0.25, 0.3) is 0 Å². The average molecular weight is 118 g/mol. The van der Waals surface area contributed by atoms with Gasteiger partial charge < -0.3 is 5.73 Å². The summed E-state index contributed by atoms with van der Waals surface area (Å²) in [5, 5.41) is -0.0591. The van der Waals surface area contributed by atoms with E-state index in [1.807, 2.05) is 0 Å². The van der Waals surface area contributed by atoms with Crippen molar-refractivity contribution >= 4 is 17.2 Å². The Hall–Kier alpha value is -0.570. The molecule has 1 aromatic heterocycles. The number of hydrogen-bond donors (Lipinski definition) is 1. The van der Waals surface area contributed by atoms with Crippen LogP contribution in [0.15, 0.2) is 5.36 Å². The van der Waals surface area contributed by atoms with Crippen LogP contribution in [0.25, 0.3) is 0 Å². The predicted molar refractivity (Wildman–Crippen MR) is 31.3 cm³/mol. The lowest BCUT2D eigenvalue weighted by Crippen LogP contribution is -1.81. The van der Waals surface area contributed by atoms with Crippen molar-refractivity contribution in [3.63, 3.8) is 0 Å². The molecule has 2 nitrogen and oxygen atoms in total. The van der Waals surface area contributed by atoms with Crippen LogP contribution in [0.4, 0.5) is 5.82 Å². The third kappa shape index (κ3) is 0.899. The molecule has 1 heterocycles. The smallest absolute Gasteiger partial charge is 0.134 e. The Balaban J connectivity index is 3.08. The van der Waals surface area contributed by atoms with Crippen LogP contribution in [0, 0.1) is 6.85 Å². The van der Waals surface area contributed by atoms with Gasteiger partial charge in [-0.3, -0.25) is 0 Å². The van der Waals surface area contributed by atoms with Crippen molar-refractivity contribution in [3.05, 3.63) is 10.4 Å². The van der Waals surface area contributed by atoms with Gasteiger partial charge in [0, 0.05) is 9.47 Å². The highest BCUT2D eigenvalue weighted by Gasteiger charge is 1.86. The number of aryl methyl sites for hydroxylation is 1. The fourth-order valence-electron chi connectivity index (χ4n) is 0.256. The van der Waals surface area contributed by atoms with Crippen molar-refractivity contribution in [2.24, 2.45) is 0 Å². The van der Waals surface area contributed by atoms with Crippen LogP contribution in [0.3, 0.4) is 0 Å². The molecule has 0 saturated carbocycles. The number of nitrogens with two attached hydrogens (primary N) is 1. The second kappa shape index (κ2) is 1.50. The standard InChI is InChI=1S/C4H6N2S/c1-3-6-4(5)2-7-3/h2H,5H2,1H3/i1D3,2D. The highest BCUT2D eigenvalue weighted by atomic mass is 32.1. The van der Waals surface area contributed by atoms with Crippen molar-refractivity contribution in [1.29, 1.82) is 0 Å². The van der Waals surface area contributed by atoms with E-state index in [1.165, 1.54) is 0 Å². The number of hydrogen-bond acceptors (Lipinski definition) is 3. The van der Waals surface area contributed by atoms with Gasteiger partial charge in [-0.1, -0.05) is 0 Å². The van der Waals surface area contributed by atoms with Crippen molar-refractivity contribution in [3.8, 4) is 0 Å². The molecule has 2 N–H and O–H groups in total. The SMILES string of the molecule is [2H]c1sc(C([2H])([2H])[2H])nc1N. The molecule has 7 heavy (non-hydrogen) atoms. The summed E-state index contributed by atoms with van der Waals surface area (Å²) in [6, 6.07) is 0. The van der Waals surface area contributed by atoms with Gasteiger partial charge in [-0.15, -0.1) is 11.3 Å². The van der Waals surface area contributed by atoms with E-state index in [0.29, 0.717) is 0 Å². The van der Waals surface area contributed by atoms with Crippen LogP contribution in [0.2, 0.25) is 0 Å². The van der Waals surface area contributed by atoms with E-state index in [4.69, 9.17) is 11.2 Å². The third-order valence-electron chi connectivity index (χ3n) is 0.474. The highest BCUT2D eigenvalue weighted by Crippen LogP contribution is 2.07. The molecule has 38 valence electrons. The molecule has 1 rings (SSSR count). The van der Waals surface area contributed by atoms with E-state index in [9.17, 15) is 0 Å². The largest absolute Gasteiger partial charge is 0.383 e. The molecule has 0 fully saturated rings. The molecule has 0 aliphatic heterocycles. The van der Waals surface area contributed by atoms with Gasteiger partial charge in [-0.05, 0) is 6.85 Å². The maximum Gasteiger partial charge on any atom is 0.134 e. The van der Waals surface area contributed by atoms with Crippen molar-refractivity contribution < 1.29 is 5.48 Å². The lowest BCUT2D eigenvalue weighted by Gasteiger charge is -1.72. The Labute approximate surface area is 51.6 Å². The summed E-state index contributed by atoms with van der Waals surface area (Å²) >= 11 is 0.789. The summed E-state index contributed by atoms with van der Waals surface area (Å²) in [5.74, 6) is -0.0128. The normalized spacial score (nSPS) is 19.4. The van der Waals surface area contributed by atoms with E-state index < -0.39 is 6.85 Å². The van der Waals surface area contributed by atoms with Gasteiger partial charge in [-0.25, -0.2) is 4.98 Å². The van der Waals surface area contributed by atoms with Gasteiger partial charge in [0.15, 0.2) is 0 Å². The molecule has 0 bridgehead atoms. The average Bonchev–Trinajstić information content (AvgIpc) is 2.11. The number of anilines is 1. The van der Waals surface area contributed by atoms with Crippen molar-refractivity contribution in [1.82, 2.24) is 4.98 Å². The molecule has 0 aromatic carbocycles. The second-order valence-corrected chi connectivity index (χ2v) is 1.80. The zero-order valence-corrected chi connectivity index (χ0v) is 4.25. The Morgan fingerprint density at radius 3 is 3.43 bits per heavy atom. The van der Waals surface area contributed by atoms with Crippen LogP contribution in [0.5, 0.6) is 0 Å². The van der Waals surface area contributed by atoms with Gasteiger partial charge in [0.05, 0.1) is 6.38 Å². The number of thiazole rings is 1. The molecule has 0 radical (unpaired) electrons. The molecule has 3 heteroatoms. The molecule has 0 aliphatic rings. The summed E-state index contributed by atoms with van der Waals surface area (Å²) in [6.45, 7) is -2.24. The zero-order chi connectivity index (χ0) is 8.65. The quantitative estimate of drug-likeness (QED) is 0.552. The van der Waals surface area contributed by atoms with Crippen LogP contribution < -0.4 is 5.73 Å². The Morgan fingerprint density at radius 2 is 3.14 bits per heavy atom. The number of nitrogens with zero attached hydrogens (tertiary/aromatic N) is 1. The van der Waals surface area contributed by atoms with Crippen molar-refractivity contribution in [2.45, 2.75) is 6.85 Å². The lowest BCUT2D eigenvalue weighted by molar-refractivity contribution is 1.31. The Kier molecular flexibility index (Phi) is 0.373. The number of nitrogen functional groups attached to an aromatic ring is 1. The maximum absolute atomic E-state index is 7.10. The molecule has 1 aromatic rings. The Bertz CT molecular complexity index is 246. The molecular weight excluding hydrogens is 108 g/mol. The van der Waals surface area contributed by atoms with Gasteiger partial charge in [0.1, 0.15) is 5.82 Å². The van der Waals surface area contributed by atoms with E-state index in [0.717, 1.165) is 11.3 Å². The van der Waals surface area contributed by atoms with Crippen LogP contribution in [-0.2, 0) is 0 Å². The second-order valence-electron chi connectivity index (χ2n) is 1.01.